The number of rotatable bonds is 23. The fourth-order valence-electron chi connectivity index (χ4n) is 3.00. The Labute approximate surface area is 232 Å². The van der Waals surface area contributed by atoms with Crippen molar-refractivity contribution in [1.29, 1.82) is 0 Å². The largest absolute Gasteiger partial charge is 0.449 e. The zero-order valence-corrected chi connectivity index (χ0v) is 25.2. The number of halogens is 2. The van der Waals surface area contributed by atoms with Crippen LogP contribution in [-0.2, 0) is 27.9 Å². The van der Waals surface area contributed by atoms with Crippen LogP contribution >= 0.6 is 43.0 Å². The summed E-state index contributed by atoms with van der Waals surface area (Å²) in [5.41, 5.74) is 0. The number of nitrogens with one attached hydrogen (secondary N) is 2. The van der Waals surface area contributed by atoms with Crippen LogP contribution in [0.4, 0.5) is 9.59 Å². The van der Waals surface area contributed by atoms with Gasteiger partial charge >= 0.3 is 30.7 Å². The molecule has 0 aromatic rings. The summed E-state index contributed by atoms with van der Waals surface area (Å²) in [7, 11) is 5.45. The average Bonchev–Trinajstić information content (AvgIpc) is 2.74. The van der Waals surface area contributed by atoms with E-state index in [1.807, 2.05) is 21.6 Å². The molecule has 0 spiro atoms. The van der Waals surface area contributed by atoms with Gasteiger partial charge in [0.05, 0.1) is 13.2 Å². The van der Waals surface area contributed by atoms with Gasteiger partial charge in [0.15, 0.2) is 0 Å². The highest BCUT2D eigenvalue weighted by molar-refractivity contribution is 8.76. The molecule has 0 aliphatic heterocycles. The topological polar surface area (TPSA) is 145 Å². The van der Waals surface area contributed by atoms with Crippen LogP contribution < -0.4 is 9.44 Å². The first-order valence-electron chi connectivity index (χ1n) is 12.0. The van der Waals surface area contributed by atoms with E-state index in [0.717, 1.165) is 50.0 Å². The van der Waals surface area contributed by atoms with Gasteiger partial charge in [-0.3, -0.25) is 0 Å². The lowest BCUT2D eigenvalue weighted by Crippen LogP contribution is -2.27. The molecule has 36 heavy (non-hydrogen) atoms. The van der Waals surface area contributed by atoms with Crippen molar-refractivity contribution in [2.24, 2.45) is 0 Å². The minimum Gasteiger partial charge on any atom is -0.449 e. The van der Waals surface area contributed by atoms with Gasteiger partial charge in [0.25, 0.3) is 0 Å². The van der Waals surface area contributed by atoms with Crippen LogP contribution in [0.3, 0.4) is 0 Å². The molecule has 0 saturated heterocycles. The predicted octanol–water partition coefficient (Wildman–Crippen LogP) is 6.25. The maximum absolute atomic E-state index is 11.1. The van der Waals surface area contributed by atoms with Gasteiger partial charge in [0, 0.05) is 32.9 Å². The van der Waals surface area contributed by atoms with Crippen molar-refractivity contribution in [1.82, 2.24) is 9.44 Å². The molecule has 0 fully saturated rings. The molecule has 10 nitrogen and oxygen atoms in total. The standard InChI is InChI=1S/C20H38Cl2N2O8S4/c21-35(27,28)23-19(25)31-15-11-7-3-1-5-9-13-17-33-34-18-14-10-6-2-4-8-12-16-32-20(26)24-36(22,29)30/h1-18H2,(H,23,25)(H,24,26). The quantitative estimate of drug-likeness (QED) is 0.0752. The molecular weight excluding hydrogens is 595 g/mol. The molecule has 16 heteroatoms. The second-order valence-corrected chi connectivity index (χ2v) is 15.2. The highest BCUT2D eigenvalue weighted by Crippen LogP contribution is 2.24. The van der Waals surface area contributed by atoms with Crippen LogP contribution in [0.2, 0.25) is 0 Å². The molecule has 0 aromatic carbocycles. The minimum absolute atomic E-state index is 0.176. The van der Waals surface area contributed by atoms with Crippen LogP contribution in [0.15, 0.2) is 0 Å². The number of carbonyl (C=O) groups excluding carboxylic acids is 2. The maximum Gasteiger partial charge on any atom is 0.421 e. The zero-order chi connectivity index (χ0) is 27.1. The molecule has 2 N–H and O–H groups in total. The van der Waals surface area contributed by atoms with Crippen molar-refractivity contribution in [2.45, 2.75) is 89.9 Å². The van der Waals surface area contributed by atoms with Crippen molar-refractivity contribution in [3.8, 4) is 0 Å². The van der Waals surface area contributed by atoms with Gasteiger partial charge in [-0.2, -0.15) is 16.8 Å². The number of amides is 2. The molecule has 0 saturated carbocycles. The van der Waals surface area contributed by atoms with Gasteiger partial charge in [-0.05, 0) is 25.7 Å². The number of hydrogen-bond acceptors (Lipinski definition) is 10. The molecule has 0 rings (SSSR count). The van der Waals surface area contributed by atoms with Crippen molar-refractivity contribution >= 4 is 73.6 Å². The Morgan fingerprint density at radius 1 is 0.528 bits per heavy atom. The molecule has 0 unspecified atom stereocenters. The van der Waals surface area contributed by atoms with Crippen molar-refractivity contribution in [3.05, 3.63) is 0 Å². The highest BCUT2D eigenvalue weighted by Gasteiger charge is 2.11. The van der Waals surface area contributed by atoms with E-state index < -0.39 is 30.7 Å². The third-order valence-electron chi connectivity index (χ3n) is 4.70. The summed E-state index contributed by atoms with van der Waals surface area (Å²) in [6.45, 7) is 0.353. The zero-order valence-electron chi connectivity index (χ0n) is 20.4. The van der Waals surface area contributed by atoms with E-state index >= 15 is 0 Å². The van der Waals surface area contributed by atoms with E-state index in [1.54, 1.807) is 0 Å². The highest BCUT2D eigenvalue weighted by atomic mass is 35.7. The summed E-state index contributed by atoms with van der Waals surface area (Å²) in [6, 6.07) is 0. The molecule has 2 amide bonds. The molecule has 214 valence electrons. The normalized spacial score (nSPS) is 11.7. The SMILES string of the molecule is O=C(NS(=O)(=O)Cl)OCCCCCCCCCSSCCCCCCCCCOC(=O)NS(=O)(=O)Cl. The maximum atomic E-state index is 11.1. The molecule has 0 heterocycles. The number of carbonyl (C=O) groups is 2. The van der Waals surface area contributed by atoms with Gasteiger partial charge in [-0.15, -0.1) is 0 Å². The lowest BCUT2D eigenvalue weighted by atomic mass is 10.1. The van der Waals surface area contributed by atoms with E-state index in [4.69, 9.17) is 30.8 Å². The second kappa shape index (κ2) is 22.7. The summed E-state index contributed by atoms with van der Waals surface area (Å²) >= 11 is 0. The fraction of sp³-hybridized carbons (Fsp3) is 0.900. The summed E-state index contributed by atoms with van der Waals surface area (Å²) in [5.74, 6) is 2.32. The van der Waals surface area contributed by atoms with Crippen LogP contribution in [0.25, 0.3) is 0 Å². The van der Waals surface area contributed by atoms with Gasteiger partial charge in [-0.1, -0.05) is 85.8 Å². The van der Waals surface area contributed by atoms with Crippen LogP contribution in [0.1, 0.15) is 89.9 Å². The first-order valence-corrected chi connectivity index (χ1v) is 19.1. The Morgan fingerprint density at radius 3 is 1.11 bits per heavy atom. The Hall–Kier alpha value is -0.280. The molecule has 0 aromatic heterocycles. The van der Waals surface area contributed by atoms with E-state index in [9.17, 15) is 26.4 Å². The van der Waals surface area contributed by atoms with E-state index in [-0.39, 0.29) is 13.2 Å². The molecule has 0 atom stereocenters. The molecule has 0 aliphatic carbocycles. The third kappa shape index (κ3) is 29.9. The monoisotopic (exact) mass is 632 g/mol. The predicted molar refractivity (Wildman–Crippen MR) is 148 cm³/mol. The summed E-state index contributed by atoms with van der Waals surface area (Å²) in [4.78, 5) is 22.1. The van der Waals surface area contributed by atoms with Gasteiger partial charge < -0.3 is 9.47 Å². The lowest BCUT2D eigenvalue weighted by molar-refractivity contribution is 0.149. The number of hydrogen-bond donors (Lipinski definition) is 2. The van der Waals surface area contributed by atoms with E-state index in [2.05, 4.69) is 0 Å². The smallest absolute Gasteiger partial charge is 0.421 e. The van der Waals surface area contributed by atoms with Gasteiger partial charge in [0.2, 0.25) is 0 Å². The lowest BCUT2D eigenvalue weighted by Gasteiger charge is -2.05. The molecule has 0 aliphatic rings. The summed E-state index contributed by atoms with van der Waals surface area (Å²) < 4.78 is 55.0. The molecular formula is C20H38Cl2N2O8S4. The molecule has 0 radical (unpaired) electrons. The van der Waals surface area contributed by atoms with E-state index in [0.29, 0.717) is 12.8 Å². The van der Waals surface area contributed by atoms with Crippen molar-refractivity contribution in [3.63, 3.8) is 0 Å². The Bertz CT molecular complexity index is 736. The Morgan fingerprint density at radius 2 is 0.806 bits per heavy atom. The van der Waals surface area contributed by atoms with E-state index in [1.165, 1.54) is 48.0 Å². The van der Waals surface area contributed by atoms with Gasteiger partial charge in [-0.25, -0.2) is 19.0 Å². The second-order valence-electron chi connectivity index (χ2n) is 7.95. The Balaban J connectivity index is 3.21. The average molecular weight is 634 g/mol. The Kier molecular flexibility index (Phi) is 22.5. The summed E-state index contributed by atoms with van der Waals surface area (Å²) in [5, 5.41) is 0. The van der Waals surface area contributed by atoms with Gasteiger partial charge in [0.1, 0.15) is 0 Å². The molecule has 0 bridgehead atoms. The summed E-state index contributed by atoms with van der Waals surface area (Å²) in [6.07, 6.45) is 12.8. The number of unbranched alkanes of at least 4 members (excludes halogenated alkanes) is 12. The first-order chi connectivity index (χ1) is 17.0. The minimum atomic E-state index is -4.09. The van der Waals surface area contributed by atoms with Crippen LogP contribution in [0.5, 0.6) is 0 Å². The first kappa shape index (κ1) is 35.7. The van der Waals surface area contributed by atoms with Crippen molar-refractivity contribution in [2.75, 3.05) is 24.7 Å². The number of ether oxygens (including phenoxy) is 2. The fourth-order valence-corrected chi connectivity index (χ4v) is 6.19. The van der Waals surface area contributed by atoms with Crippen LogP contribution in [0, 0.1) is 0 Å². The van der Waals surface area contributed by atoms with Crippen molar-refractivity contribution < 1.29 is 35.9 Å². The third-order valence-corrected chi connectivity index (χ3v) is 8.57. The van der Waals surface area contributed by atoms with Crippen LogP contribution in [-0.4, -0.2) is 53.7 Å².